The van der Waals surface area contributed by atoms with Gasteiger partial charge in [-0.15, -0.1) is 0 Å². The van der Waals surface area contributed by atoms with Crippen LogP contribution < -0.4 is 5.32 Å². The molecule has 0 aliphatic carbocycles. The van der Waals surface area contributed by atoms with Crippen LogP contribution in [-0.2, 0) is 4.79 Å². The first-order chi connectivity index (χ1) is 10.6. The van der Waals surface area contributed by atoms with E-state index in [-0.39, 0.29) is 31.1 Å². The molecule has 0 unspecified atom stereocenters. The fourth-order valence-corrected chi connectivity index (χ4v) is 3.08. The molecule has 130 valence electrons. The lowest BCUT2D eigenvalue weighted by atomic mass is 10.1. The second kappa shape index (κ2) is 6.51. The SMILES string of the molecule is Cc1c([C@H](C)N[C@@H]2CC(=O)N(CC(F)(F)F)C2)cnn1C(C)C. The highest BCUT2D eigenvalue weighted by Crippen LogP contribution is 2.24. The molecule has 23 heavy (non-hydrogen) atoms. The van der Waals surface area contributed by atoms with Gasteiger partial charge >= 0.3 is 6.18 Å². The molecule has 2 heterocycles. The van der Waals surface area contributed by atoms with Gasteiger partial charge in [0.1, 0.15) is 6.54 Å². The summed E-state index contributed by atoms with van der Waals surface area (Å²) in [6, 6.07) is -0.112. The van der Waals surface area contributed by atoms with Crippen LogP contribution in [0.4, 0.5) is 13.2 Å². The lowest BCUT2D eigenvalue weighted by Gasteiger charge is -2.21. The van der Waals surface area contributed by atoms with Crippen LogP contribution in [0.2, 0.25) is 0 Å². The molecule has 1 fully saturated rings. The van der Waals surface area contributed by atoms with Crippen LogP contribution >= 0.6 is 0 Å². The third-order valence-corrected chi connectivity index (χ3v) is 4.11. The first kappa shape index (κ1) is 17.8. The Hall–Kier alpha value is -1.57. The Labute approximate surface area is 133 Å². The summed E-state index contributed by atoms with van der Waals surface area (Å²) in [7, 11) is 0. The van der Waals surface area contributed by atoms with Crippen molar-refractivity contribution in [2.45, 2.75) is 58.4 Å². The minimum atomic E-state index is -4.36. The van der Waals surface area contributed by atoms with E-state index in [0.29, 0.717) is 0 Å². The quantitative estimate of drug-likeness (QED) is 0.902. The van der Waals surface area contributed by atoms with Crippen LogP contribution in [-0.4, -0.2) is 45.9 Å². The van der Waals surface area contributed by atoms with Gasteiger partial charge in [-0.05, 0) is 27.7 Å². The molecule has 0 radical (unpaired) electrons. The average Bonchev–Trinajstić information content (AvgIpc) is 2.91. The molecule has 1 amide bonds. The standard InChI is InChI=1S/C15H23F3N4O/c1-9(2)22-11(4)13(6-19-22)10(3)20-12-5-14(23)21(7-12)8-15(16,17)18/h6,9-10,12,20H,5,7-8H2,1-4H3/t10-,12+/m0/s1. The predicted molar refractivity (Wildman–Crippen MR) is 79.9 cm³/mol. The molecule has 5 nitrogen and oxygen atoms in total. The van der Waals surface area contributed by atoms with Gasteiger partial charge in [-0.25, -0.2) is 0 Å². The number of rotatable bonds is 5. The minimum Gasteiger partial charge on any atom is -0.332 e. The Balaban J connectivity index is 1.99. The summed E-state index contributed by atoms with van der Waals surface area (Å²) < 4.78 is 39.2. The van der Waals surface area contributed by atoms with E-state index in [1.807, 2.05) is 32.4 Å². The van der Waals surface area contributed by atoms with Gasteiger partial charge in [-0.1, -0.05) is 0 Å². The third-order valence-electron chi connectivity index (χ3n) is 4.11. The molecule has 0 spiro atoms. The van der Waals surface area contributed by atoms with E-state index in [2.05, 4.69) is 10.4 Å². The summed E-state index contributed by atoms with van der Waals surface area (Å²) in [4.78, 5) is 12.6. The normalized spacial score (nSPS) is 20.6. The second-order valence-electron chi connectivity index (χ2n) is 6.40. The number of likely N-dealkylation sites (tertiary alicyclic amines) is 1. The lowest BCUT2D eigenvalue weighted by Crippen LogP contribution is -2.38. The maximum absolute atomic E-state index is 12.4. The zero-order valence-corrected chi connectivity index (χ0v) is 13.8. The molecule has 1 N–H and O–H groups in total. The van der Waals surface area contributed by atoms with Crippen molar-refractivity contribution in [3.63, 3.8) is 0 Å². The first-order valence-corrected chi connectivity index (χ1v) is 7.73. The number of carbonyl (C=O) groups is 1. The number of nitrogens with one attached hydrogen (secondary N) is 1. The smallest absolute Gasteiger partial charge is 0.332 e. The number of aromatic nitrogens is 2. The Bertz CT molecular complexity index is 568. The van der Waals surface area contributed by atoms with Crippen molar-refractivity contribution in [3.8, 4) is 0 Å². The Morgan fingerprint density at radius 3 is 2.57 bits per heavy atom. The lowest BCUT2D eigenvalue weighted by molar-refractivity contribution is -0.157. The Morgan fingerprint density at radius 1 is 1.39 bits per heavy atom. The molecule has 0 saturated carbocycles. The van der Waals surface area contributed by atoms with E-state index in [4.69, 9.17) is 0 Å². The molecule has 1 aliphatic rings. The number of alkyl halides is 3. The van der Waals surface area contributed by atoms with Gasteiger partial charge in [0, 0.05) is 42.3 Å². The Kier molecular flexibility index (Phi) is 5.03. The summed E-state index contributed by atoms with van der Waals surface area (Å²) in [5.41, 5.74) is 2.02. The molecular formula is C15H23F3N4O. The van der Waals surface area contributed by atoms with E-state index in [0.717, 1.165) is 16.2 Å². The zero-order chi connectivity index (χ0) is 17.4. The van der Waals surface area contributed by atoms with Crippen molar-refractivity contribution in [3.05, 3.63) is 17.5 Å². The van der Waals surface area contributed by atoms with Gasteiger partial charge in [-0.3, -0.25) is 9.48 Å². The topological polar surface area (TPSA) is 50.2 Å². The highest BCUT2D eigenvalue weighted by atomic mass is 19.4. The van der Waals surface area contributed by atoms with E-state index >= 15 is 0 Å². The fraction of sp³-hybridized carbons (Fsp3) is 0.733. The summed E-state index contributed by atoms with van der Waals surface area (Å²) in [5.74, 6) is -0.457. The molecule has 1 aromatic heterocycles. The summed E-state index contributed by atoms with van der Waals surface area (Å²) in [5, 5.41) is 7.59. The van der Waals surface area contributed by atoms with E-state index < -0.39 is 18.6 Å². The third kappa shape index (κ3) is 4.25. The predicted octanol–water partition coefficient (Wildman–Crippen LogP) is 2.59. The van der Waals surface area contributed by atoms with Gasteiger partial charge in [-0.2, -0.15) is 18.3 Å². The number of nitrogens with zero attached hydrogens (tertiary/aromatic N) is 3. The van der Waals surface area contributed by atoms with E-state index in [1.54, 1.807) is 6.20 Å². The Morgan fingerprint density at radius 2 is 2.04 bits per heavy atom. The van der Waals surface area contributed by atoms with Crippen LogP contribution in [0, 0.1) is 6.92 Å². The number of amides is 1. The van der Waals surface area contributed by atoms with Gasteiger partial charge in [0.2, 0.25) is 5.91 Å². The van der Waals surface area contributed by atoms with E-state index in [1.165, 1.54) is 0 Å². The van der Waals surface area contributed by atoms with Crippen molar-refractivity contribution >= 4 is 5.91 Å². The van der Waals surface area contributed by atoms with Crippen molar-refractivity contribution in [1.29, 1.82) is 0 Å². The average molecular weight is 332 g/mol. The highest BCUT2D eigenvalue weighted by molar-refractivity contribution is 5.79. The van der Waals surface area contributed by atoms with Crippen LogP contribution in [0.1, 0.15) is 50.5 Å². The highest BCUT2D eigenvalue weighted by Gasteiger charge is 2.38. The molecule has 1 saturated heterocycles. The van der Waals surface area contributed by atoms with E-state index in [9.17, 15) is 18.0 Å². The van der Waals surface area contributed by atoms with Crippen LogP contribution in [0.3, 0.4) is 0 Å². The largest absolute Gasteiger partial charge is 0.406 e. The van der Waals surface area contributed by atoms with Gasteiger partial charge in [0.05, 0.1) is 6.20 Å². The van der Waals surface area contributed by atoms with Crippen molar-refractivity contribution in [2.75, 3.05) is 13.1 Å². The maximum Gasteiger partial charge on any atom is 0.406 e. The molecule has 2 rings (SSSR count). The molecular weight excluding hydrogens is 309 g/mol. The molecule has 1 aromatic rings. The van der Waals surface area contributed by atoms with Crippen molar-refractivity contribution < 1.29 is 18.0 Å². The van der Waals surface area contributed by atoms with Crippen LogP contribution in [0.5, 0.6) is 0 Å². The van der Waals surface area contributed by atoms with Crippen molar-refractivity contribution in [2.24, 2.45) is 0 Å². The monoisotopic (exact) mass is 332 g/mol. The first-order valence-electron chi connectivity index (χ1n) is 7.73. The van der Waals surface area contributed by atoms with Gasteiger partial charge in [0.15, 0.2) is 0 Å². The molecule has 0 aromatic carbocycles. The van der Waals surface area contributed by atoms with Crippen molar-refractivity contribution in [1.82, 2.24) is 20.0 Å². The van der Waals surface area contributed by atoms with Gasteiger partial charge in [0.25, 0.3) is 0 Å². The molecule has 0 bridgehead atoms. The fourth-order valence-electron chi connectivity index (χ4n) is 3.08. The molecule has 8 heteroatoms. The number of carbonyl (C=O) groups excluding carboxylic acids is 1. The summed E-state index contributed by atoms with van der Waals surface area (Å²) in [6.45, 7) is 6.88. The summed E-state index contributed by atoms with van der Waals surface area (Å²) >= 11 is 0. The second-order valence-corrected chi connectivity index (χ2v) is 6.40. The minimum absolute atomic E-state index is 0.0777. The maximum atomic E-state index is 12.4. The number of halogens is 3. The van der Waals surface area contributed by atoms with Crippen LogP contribution in [0.15, 0.2) is 6.20 Å². The number of hydrogen-bond donors (Lipinski definition) is 1. The van der Waals surface area contributed by atoms with Crippen LogP contribution in [0.25, 0.3) is 0 Å². The number of hydrogen-bond acceptors (Lipinski definition) is 3. The summed E-state index contributed by atoms with van der Waals surface area (Å²) in [6.07, 6.45) is -2.49. The molecule has 2 atom stereocenters. The molecule has 1 aliphatic heterocycles. The van der Waals surface area contributed by atoms with Gasteiger partial charge < -0.3 is 10.2 Å². The zero-order valence-electron chi connectivity index (χ0n) is 13.8.